The van der Waals surface area contributed by atoms with Gasteiger partial charge in [0.25, 0.3) is 0 Å². The average molecular weight is 282 g/mol. The summed E-state index contributed by atoms with van der Waals surface area (Å²) in [5, 5.41) is 5.89. The quantitative estimate of drug-likeness (QED) is 0.531. The molecule has 0 saturated carbocycles. The van der Waals surface area contributed by atoms with Crippen molar-refractivity contribution in [1.82, 2.24) is 10.6 Å². The lowest BCUT2D eigenvalue weighted by Gasteiger charge is -2.06. The van der Waals surface area contributed by atoms with Crippen molar-refractivity contribution >= 4 is 17.7 Å². The monoisotopic (exact) mass is 282 g/mol. The number of hydrogen-bond donors (Lipinski definition) is 2. The zero-order valence-electron chi connectivity index (χ0n) is 11.6. The van der Waals surface area contributed by atoms with E-state index in [-0.39, 0.29) is 5.91 Å². The molecule has 0 radical (unpaired) electrons. The van der Waals surface area contributed by atoms with E-state index in [1.54, 1.807) is 18.9 Å². The highest BCUT2D eigenvalue weighted by Crippen LogP contribution is 2.17. The molecular formula is C14H22N2O2S. The van der Waals surface area contributed by atoms with E-state index >= 15 is 0 Å². The van der Waals surface area contributed by atoms with E-state index in [1.807, 2.05) is 0 Å². The van der Waals surface area contributed by atoms with E-state index in [4.69, 9.17) is 4.74 Å². The Morgan fingerprint density at radius 3 is 2.68 bits per heavy atom. The fourth-order valence-corrected chi connectivity index (χ4v) is 2.20. The Labute approximate surface area is 119 Å². The van der Waals surface area contributed by atoms with Gasteiger partial charge in [-0.2, -0.15) is 0 Å². The third kappa shape index (κ3) is 7.87. The molecule has 0 heterocycles. The number of amides is 1. The lowest BCUT2D eigenvalue weighted by molar-refractivity contribution is -0.120. The SMILES string of the molecule is COCCNCC(=O)NCCSc1ccc(C)cc1. The number of carbonyl (C=O) groups excluding carboxylic acids is 1. The molecule has 0 aliphatic heterocycles. The molecule has 0 aliphatic rings. The van der Waals surface area contributed by atoms with Crippen LogP contribution in [0.25, 0.3) is 0 Å². The number of aryl methyl sites for hydroxylation is 1. The average Bonchev–Trinajstić information content (AvgIpc) is 2.42. The molecule has 1 rings (SSSR count). The molecule has 106 valence electrons. The first-order valence-corrected chi connectivity index (χ1v) is 7.37. The minimum Gasteiger partial charge on any atom is -0.383 e. The second-order valence-corrected chi connectivity index (χ2v) is 5.35. The van der Waals surface area contributed by atoms with Gasteiger partial charge in [-0.25, -0.2) is 0 Å². The molecule has 19 heavy (non-hydrogen) atoms. The summed E-state index contributed by atoms with van der Waals surface area (Å²) in [5.41, 5.74) is 1.26. The molecule has 0 bridgehead atoms. The van der Waals surface area contributed by atoms with Crippen LogP contribution in [0, 0.1) is 6.92 Å². The number of methoxy groups -OCH3 is 1. The van der Waals surface area contributed by atoms with Crippen LogP contribution in [0.1, 0.15) is 5.56 Å². The standard InChI is InChI=1S/C14H22N2O2S/c1-12-3-5-13(6-4-12)19-10-8-16-14(17)11-15-7-9-18-2/h3-6,15H,7-11H2,1-2H3,(H,16,17). The van der Waals surface area contributed by atoms with Gasteiger partial charge in [-0.05, 0) is 19.1 Å². The van der Waals surface area contributed by atoms with Gasteiger partial charge in [0.15, 0.2) is 0 Å². The molecule has 0 saturated heterocycles. The molecular weight excluding hydrogens is 260 g/mol. The maximum Gasteiger partial charge on any atom is 0.233 e. The summed E-state index contributed by atoms with van der Waals surface area (Å²) in [6, 6.07) is 8.41. The Bertz CT molecular complexity index is 368. The van der Waals surface area contributed by atoms with Crippen molar-refractivity contribution in [1.29, 1.82) is 0 Å². The Kier molecular flexibility index (Phi) is 8.29. The van der Waals surface area contributed by atoms with Gasteiger partial charge in [-0.1, -0.05) is 17.7 Å². The van der Waals surface area contributed by atoms with E-state index in [0.29, 0.717) is 26.2 Å². The van der Waals surface area contributed by atoms with Crippen molar-refractivity contribution in [3.8, 4) is 0 Å². The number of carbonyl (C=O) groups is 1. The van der Waals surface area contributed by atoms with Gasteiger partial charge in [0.05, 0.1) is 13.2 Å². The number of hydrogen-bond acceptors (Lipinski definition) is 4. The highest BCUT2D eigenvalue weighted by atomic mass is 32.2. The molecule has 5 heteroatoms. The number of nitrogens with one attached hydrogen (secondary N) is 2. The predicted molar refractivity (Wildman–Crippen MR) is 79.7 cm³/mol. The van der Waals surface area contributed by atoms with E-state index in [2.05, 4.69) is 41.8 Å². The molecule has 1 aromatic rings. The molecule has 0 aliphatic carbocycles. The van der Waals surface area contributed by atoms with E-state index in [9.17, 15) is 4.79 Å². The summed E-state index contributed by atoms with van der Waals surface area (Å²) in [6.07, 6.45) is 0. The summed E-state index contributed by atoms with van der Waals surface area (Å²) in [5.74, 6) is 0.910. The van der Waals surface area contributed by atoms with Crippen LogP contribution >= 0.6 is 11.8 Å². The highest BCUT2D eigenvalue weighted by molar-refractivity contribution is 7.99. The zero-order valence-corrected chi connectivity index (χ0v) is 12.4. The highest BCUT2D eigenvalue weighted by Gasteiger charge is 1.99. The van der Waals surface area contributed by atoms with Crippen molar-refractivity contribution in [3.63, 3.8) is 0 Å². The van der Waals surface area contributed by atoms with Gasteiger partial charge in [-0.15, -0.1) is 11.8 Å². The fraction of sp³-hybridized carbons (Fsp3) is 0.500. The molecule has 0 unspecified atom stereocenters. The molecule has 0 fully saturated rings. The van der Waals surface area contributed by atoms with E-state index in [0.717, 1.165) is 5.75 Å². The molecule has 0 atom stereocenters. The lowest BCUT2D eigenvalue weighted by Crippen LogP contribution is -2.36. The fourth-order valence-electron chi connectivity index (χ4n) is 1.43. The van der Waals surface area contributed by atoms with Crippen molar-refractivity contribution in [3.05, 3.63) is 29.8 Å². The molecule has 0 aromatic heterocycles. The molecule has 2 N–H and O–H groups in total. The minimum absolute atomic E-state index is 0.0283. The van der Waals surface area contributed by atoms with Crippen LogP contribution in [0.4, 0.5) is 0 Å². The van der Waals surface area contributed by atoms with Crippen LogP contribution in [0.3, 0.4) is 0 Å². The maximum absolute atomic E-state index is 11.4. The predicted octanol–water partition coefficient (Wildman–Crippen LogP) is 1.44. The Balaban J connectivity index is 2.03. The maximum atomic E-state index is 11.4. The van der Waals surface area contributed by atoms with Crippen LogP contribution in [-0.2, 0) is 9.53 Å². The second kappa shape index (κ2) is 9.83. The van der Waals surface area contributed by atoms with Crippen LogP contribution in [0.15, 0.2) is 29.2 Å². The largest absolute Gasteiger partial charge is 0.383 e. The first-order chi connectivity index (χ1) is 9.22. The third-order valence-electron chi connectivity index (χ3n) is 2.48. The van der Waals surface area contributed by atoms with Crippen LogP contribution in [0.5, 0.6) is 0 Å². The van der Waals surface area contributed by atoms with Crippen LogP contribution in [0.2, 0.25) is 0 Å². The van der Waals surface area contributed by atoms with E-state index in [1.165, 1.54) is 10.5 Å². The normalized spacial score (nSPS) is 10.4. The van der Waals surface area contributed by atoms with Gasteiger partial charge in [-0.3, -0.25) is 4.79 Å². The number of rotatable bonds is 9. The Hall–Kier alpha value is -1.04. The smallest absolute Gasteiger partial charge is 0.233 e. The molecule has 1 aromatic carbocycles. The van der Waals surface area contributed by atoms with E-state index < -0.39 is 0 Å². The van der Waals surface area contributed by atoms with Gasteiger partial charge in [0.1, 0.15) is 0 Å². The summed E-state index contributed by atoms with van der Waals surface area (Å²) >= 11 is 1.75. The van der Waals surface area contributed by atoms with Crippen molar-refractivity contribution in [2.75, 3.05) is 39.1 Å². The molecule has 4 nitrogen and oxygen atoms in total. The van der Waals surface area contributed by atoms with Crippen molar-refractivity contribution < 1.29 is 9.53 Å². The van der Waals surface area contributed by atoms with Crippen LogP contribution < -0.4 is 10.6 Å². The second-order valence-electron chi connectivity index (χ2n) is 4.18. The Morgan fingerprint density at radius 1 is 1.26 bits per heavy atom. The van der Waals surface area contributed by atoms with Gasteiger partial charge >= 0.3 is 0 Å². The zero-order chi connectivity index (χ0) is 13.9. The summed E-state index contributed by atoms with van der Waals surface area (Å²) in [6.45, 7) is 4.42. The van der Waals surface area contributed by atoms with Crippen molar-refractivity contribution in [2.24, 2.45) is 0 Å². The lowest BCUT2D eigenvalue weighted by atomic mass is 10.2. The summed E-state index contributed by atoms with van der Waals surface area (Å²) in [4.78, 5) is 12.7. The van der Waals surface area contributed by atoms with Gasteiger partial charge in [0.2, 0.25) is 5.91 Å². The van der Waals surface area contributed by atoms with Gasteiger partial charge < -0.3 is 15.4 Å². The van der Waals surface area contributed by atoms with Crippen LogP contribution in [-0.4, -0.2) is 45.0 Å². The Morgan fingerprint density at radius 2 is 2.00 bits per heavy atom. The molecule has 1 amide bonds. The summed E-state index contributed by atoms with van der Waals surface area (Å²) < 4.78 is 4.88. The number of benzene rings is 1. The third-order valence-corrected chi connectivity index (χ3v) is 3.50. The van der Waals surface area contributed by atoms with Crippen molar-refractivity contribution in [2.45, 2.75) is 11.8 Å². The number of ether oxygens (including phenoxy) is 1. The summed E-state index contributed by atoms with van der Waals surface area (Å²) in [7, 11) is 1.64. The topological polar surface area (TPSA) is 50.4 Å². The number of thioether (sulfide) groups is 1. The first-order valence-electron chi connectivity index (χ1n) is 6.38. The first kappa shape index (κ1) is 16.0. The molecule has 0 spiro atoms. The van der Waals surface area contributed by atoms with Gasteiger partial charge in [0, 0.05) is 30.8 Å². The minimum atomic E-state index is 0.0283.